The highest BCUT2D eigenvalue weighted by Gasteiger charge is 2.86. The van der Waals surface area contributed by atoms with Crippen LogP contribution in [-0.4, -0.2) is 60.9 Å². The monoisotopic (exact) mass is 498 g/mol. The summed E-state index contributed by atoms with van der Waals surface area (Å²) in [6, 6.07) is 0. The van der Waals surface area contributed by atoms with E-state index in [1.165, 1.54) is 38.2 Å². The second kappa shape index (κ2) is 8.87. The SMILES string of the molecule is C/C=C/C=C/C(=O)C12C(=O)C(C)=C(O)C(C)(O)C1C1C(C(O)/C=C/C=C/C)C(=O)[C@]2(C)C(=O)C1(C)O. The Hall–Kier alpha value is -2.94. The summed E-state index contributed by atoms with van der Waals surface area (Å²) in [6.07, 6.45) is 10.2. The van der Waals surface area contributed by atoms with Gasteiger partial charge >= 0.3 is 0 Å². The van der Waals surface area contributed by atoms with E-state index in [9.17, 15) is 39.6 Å². The molecule has 8 nitrogen and oxygen atoms in total. The second-order valence-electron chi connectivity index (χ2n) is 10.4. The number of Topliss-reactive ketones (excluding diaryl/α,β-unsaturated/α-hetero) is 3. The Morgan fingerprint density at radius 1 is 0.944 bits per heavy atom. The van der Waals surface area contributed by atoms with E-state index >= 15 is 0 Å². The number of ketones is 4. The van der Waals surface area contributed by atoms with E-state index < -0.39 is 74.8 Å². The molecule has 4 aliphatic rings. The van der Waals surface area contributed by atoms with Gasteiger partial charge in [-0.2, -0.15) is 0 Å². The van der Waals surface area contributed by atoms with Gasteiger partial charge in [-0.25, -0.2) is 0 Å². The molecule has 0 saturated heterocycles. The molecule has 8 heteroatoms. The summed E-state index contributed by atoms with van der Waals surface area (Å²) in [4.78, 5) is 55.8. The molecule has 2 bridgehead atoms. The number of aliphatic hydroxyl groups excluding tert-OH is 2. The maximum absolute atomic E-state index is 14.1. The fourth-order valence-electron chi connectivity index (χ4n) is 6.84. The van der Waals surface area contributed by atoms with Crippen LogP contribution in [0.2, 0.25) is 0 Å². The van der Waals surface area contributed by atoms with E-state index in [-0.39, 0.29) is 5.57 Å². The highest BCUT2D eigenvalue weighted by molar-refractivity contribution is 6.30. The largest absolute Gasteiger partial charge is 0.509 e. The first-order chi connectivity index (χ1) is 16.6. The number of fused-ring (bicyclic) bond motifs is 2. The lowest BCUT2D eigenvalue weighted by Gasteiger charge is -2.68. The number of carbonyl (C=O) groups is 4. The lowest BCUT2D eigenvalue weighted by atomic mass is 9.31. The van der Waals surface area contributed by atoms with Crippen molar-refractivity contribution in [2.75, 3.05) is 0 Å². The Labute approximate surface area is 210 Å². The van der Waals surface area contributed by atoms with Crippen LogP contribution in [0.25, 0.3) is 0 Å². The Bertz CT molecular complexity index is 1160. The number of carbonyl (C=O) groups excluding carboxylic acids is 4. The molecule has 0 amide bonds. The third kappa shape index (κ3) is 3.17. The third-order valence-corrected chi connectivity index (χ3v) is 8.42. The predicted molar refractivity (Wildman–Crippen MR) is 132 cm³/mol. The second-order valence-corrected chi connectivity index (χ2v) is 10.4. The van der Waals surface area contributed by atoms with Crippen molar-refractivity contribution in [2.24, 2.45) is 28.6 Å². The minimum atomic E-state index is -2.44. The molecule has 4 N–H and O–H groups in total. The van der Waals surface area contributed by atoms with Crippen LogP contribution in [0.1, 0.15) is 41.5 Å². The number of allylic oxidation sites excluding steroid dienone is 8. The maximum atomic E-state index is 14.1. The zero-order valence-electron chi connectivity index (χ0n) is 21.4. The lowest BCUT2D eigenvalue weighted by Crippen LogP contribution is -2.84. The van der Waals surface area contributed by atoms with Crippen LogP contribution < -0.4 is 0 Å². The van der Waals surface area contributed by atoms with Gasteiger partial charge in [0.2, 0.25) is 0 Å². The average Bonchev–Trinajstić information content (AvgIpc) is 2.81. The maximum Gasteiger partial charge on any atom is 0.179 e. The van der Waals surface area contributed by atoms with Crippen molar-refractivity contribution in [3.8, 4) is 0 Å². The zero-order chi connectivity index (χ0) is 27.4. The molecular weight excluding hydrogens is 464 g/mol. The smallest absolute Gasteiger partial charge is 0.179 e. The van der Waals surface area contributed by atoms with Crippen LogP contribution in [0.4, 0.5) is 0 Å². The quantitative estimate of drug-likeness (QED) is 0.247. The van der Waals surface area contributed by atoms with E-state index in [0.29, 0.717) is 0 Å². The standard InChI is InChI=1S/C28H34O8/c1-7-9-11-13-16(29)18-19-20-27(6,36)21(31)15(3)22(32)28(20,17(30)14-12-10-8-2)25(4,23(18)33)24(34)26(19,5)35/h7-14,16,18-20,29,31,35-36H,1-6H3/b9-7+,10-8+,13-11+,14-12+/t16?,18?,19?,20?,25-,26?,27?,28?/m1/s1. The first-order valence-corrected chi connectivity index (χ1v) is 11.9. The molecule has 0 aromatic heterocycles. The first kappa shape index (κ1) is 27.6. The Morgan fingerprint density at radius 3 is 2.06 bits per heavy atom. The van der Waals surface area contributed by atoms with Crippen molar-refractivity contribution in [3.05, 3.63) is 59.9 Å². The van der Waals surface area contributed by atoms with Crippen LogP contribution in [0, 0.1) is 28.6 Å². The van der Waals surface area contributed by atoms with Crippen molar-refractivity contribution >= 4 is 23.1 Å². The van der Waals surface area contributed by atoms with E-state index in [4.69, 9.17) is 0 Å². The molecule has 8 atom stereocenters. The van der Waals surface area contributed by atoms with Gasteiger partial charge in [0.05, 0.1) is 12.0 Å². The summed E-state index contributed by atoms with van der Waals surface area (Å²) in [5, 5.41) is 45.1. The molecule has 0 aliphatic heterocycles. The average molecular weight is 499 g/mol. The van der Waals surface area contributed by atoms with Crippen molar-refractivity contribution in [2.45, 2.75) is 58.8 Å². The molecule has 3 saturated carbocycles. The van der Waals surface area contributed by atoms with Crippen molar-refractivity contribution < 1.29 is 39.6 Å². The van der Waals surface area contributed by atoms with Gasteiger partial charge in [-0.1, -0.05) is 42.5 Å². The van der Waals surface area contributed by atoms with Crippen molar-refractivity contribution in [1.82, 2.24) is 0 Å². The van der Waals surface area contributed by atoms with Crippen LogP contribution in [-0.2, 0) is 19.2 Å². The Balaban J connectivity index is 2.48. The fraction of sp³-hybridized carbons (Fsp3) is 0.500. The summed E-state index contributed by atoms with van der Waals surface area (Å²) in [5.74, 6) is -9.09. The molecule has 0 spiro atoms. The van der Waals surface area contributed by atoms with Crippen LogP contribution >= 0.6 is 0 Å². The van der Waals surface area contributed by atoms with Gasteiger partial charge < -0.3 is 20.4 Å². The van der Waals surface area contributed by atoms with Gasteiger partial charge in [-0.3, -0.25) is 19.2 Å². The molecule has 4 aliphatic carbocycles. The molecule has 36 heavy (non-hydrogen) atoms. The number of hydrogen-bond donors (Lipinski definition) is 4. The van der Waals surface area contributed by atoms with Gasteiger partial charge in [-0.15, -0.1) is 0 Å². The highest BCUT2D eigenvalue weighted by Crippen LogP contribution is 2.70. The normalized spacial score (nSPS) is 41.9. The summed E-state index contributed by atoms with van der Waals surface area (Å²) >= 11 is 0. The molecule has 0 radical (unpaired) electrons. The highest BCUT2D eigenvalue weighted by atomic mass is 16.3. The van der Waals surface area contributed by atoms with Crippen LogP contribution in [0.3, 0.4) is 0 Å². The van der Waals surface area contributed by atoms with Gasteiger partial charge in [0.1, 0.15) is 27.8 Å². The van der Waals surface area contributed by atoms with Gasteiger partial charge in [-0.05, 0) is 47.6 Å². The fourth-order valence-corrected chi connectivity index (χ4v) is 6.84. The van der Waals surface area contributed by atoms with Gasteiger partial charge in [0.15, 0.2) is 23.1 Å². The minimum absolute atomic E-state index is 0.344. The molecule has 3 fully saturated rings. The van der Waals surface area contributed by atoms with Gasteiger partial charge in [0.25, 0.3) is 0 Å². The molecule has 0 heterocycles. The molecule has 4 rings (SSSR count). The van der Waals surface area contributed by atoms with E-state index in [0.717, 1.165) is 19.9 Å². The summed E-state index contributed by atoms with van der Waals surface area (Å²) in [7, 11) is 0. The van der Waals surface area contributed by atoms with Gasteiger partial charge in [0, 0.05) is 17.4 Å². The van der Waals surface area contributed by atoms with E-state index in [1.807, 2.05) is 0 Å². The van der Waals surface area contributed by atoms with Crippen molar-refractivity contribution in [3.63, 3.8) is 0 Å². The number of rotatable bonds is 6. The molecular formula is C28H34O8. The topological polar surface area (TPSA) is 149 Å². The Kier molecular flexibility index (Phi) is 6.81. The summed E-state index contributed by atoms with van der Waals surface area (Å²) in [5.41, 5.74) is -9.81. The third-order valence-electron chi connectivity index (χ3n) is 8.42. The van der Waals surface area contributed by atoms with Crippen LogP contribution in [0.5, 0.6) is 0 Å². The molecule has 7 unspecified atom stereocenters. The predicted octanol–water partition coefficient (Wildman–Crippen LogP) is 2.10. The van der Waals surface area contributed by atoms with Crippen molar-refractivity contribution in [1.29, 1.82) is 0 Å². The lowest BCUT2D eigenvalue weighted by molar-refractivity contribution is -0.245. The van der Waals surface area contributed by atoms with E-state index in [1.54, 1.807) is 32.1 Å². The molecule has 194 valence electrons. The number of hydrogen-bond acceptors (Lipinski definition) is 8. The number of aliphatic hydroxyl groups is 4. The zero-order valence-corrected chi connectivity index (χ0v) is 21.4. The minimum Gasteiger partial charge on any atom is -0.509 e. The van der Waals surface area contributed by atoms with Crippen LogP contribution in [0.15, 0.2) is 59.9 Å². The first-order valence-electron chi connectivity index (χ1n) is 11.9. The molecule has 0 aromatic carbocycles. The molecule has 0 aromatic rings. The summed E-state index contributed by atoms with van der Waals surface area (Å²) < 4.78 is 0. The Morgan fingerprint density at radius 2 is 1.50 bits per heavy atom. The summed E-state index contributed by atoms with van der Waals surface area (Å²) in [6.45, 7) is 8.16. The van der Waals surface area contributed by atoms with E-state index in [2.05, 4.69) is 0 Å².